The molecule has 0 aliphatic carbocycles. The zero-order valence-corrected chi connectivity index (χ0v) is 12.4. The van der Waals surface area contributed by atoms with Gasteiger partial charge < -0.3 is 10.6 Å². The highest BCUT2D eigenvalue weighted by molar-refractivity contribution is 5.83. The van der Waals surface area contributed by atoms with Gasteiger partial charge in [0, 0.05) is 31.3 Å². The number of carbonyl (C=O) groups is 1. The SMILES string of the molecule is CC(C(=O)N1CCC(C(C)N)C1)c1cccc([N+](=O)[O-])c1. The molecule has 1 saturated heterocycles. The number of likely N-dealkylation sites (tertiary alicyclic amines) is 1. The summed E-state index contributed by atoms with van der Waals surface area (Å²) in [4.78, 5) is 24.7. The number of non-ortho nitro benzene ring substituents is 1. The van der Waals surface area contributed by atoms with Gasteiger partial charge in [-0.3, -0.25) is 14.9 Å². The highest BCUT2D eigenvalue weighted by Gasteiger charge is 2.31. The van der Waals surface area contributed by atoms with Crippen LogP contribution in [-0.2, 0) is 4.79 Å². The smallest absolute Gasteiger partial charge is 0.269 e. The summed E-state index contributed by atoms with van der Waals surface area (Å²) >= 11 is 0. The van der Waals surface area contributed by atoms with Crippen molar-refractivity contribution in [3.63, 3.8) is 0 Å². The fraction of sp³-hybridized carbons (Fsp3) is 0.533. The molecule has 1 heterocycles. The van der Waals surface area contributed by atoms with Crippen LogP contribution in [0.15, 0.2) is 24.3 Å². The second-order valence-corrected chi connectivity index (χ2v) is 5.77. The molecular weight excluding hydrogens is 270 g/mol. The van der Waals surface area contributed by atoms with Gasteiger partial charge in [-0.1, -0.05) is 12.1 Å². The van der Waals surface area contributed by atoms with Crippen molar-refractivity contribution in [3.05, 3.63) is 39.9 Å². The maximum atomic E-state index is 12.5. The van der Waals surface area contributed by atoms with E-state index in [2.05, 4.69) is 0 Å². The number of hydrogen-bond donors (Lipinski definition) is 1. The third kappa shape index (κ3) is 3.39. The van der Waals surface area contributed by atoms with Gasteiger partial charge in [0.2, 0.25) is 5.91 Å². The molecule has 0 bridgehead atoms. The monoisotopic (exact) mass is 291 g/mol. The predicted octanol–water partition coefficient (Wildman–Crippen LogP) is 1.89. The Kier molecular flexibility index (Phi) is 4.57. The molecule has 3 atom stereocenters. The van der Waals surface area contributed by atoms with Gasteiger partial charge in [0.25, 0.3) is 5.69 Å². The van der Waals surface area contributed by atoms with Crippen LogP contribution >= 0.6 is 0 Å². The summed E-state index contributed by atoms with van der Waals surface area (Å²) in [5.41, 5.74) is 6.58. The second kappa shape index (κ2) is 6.22. The summed E-state index contributed by atoms with van der Waals surface area (Å²) in [6, 6.07) is 6.36. The van der Waals surface area contributed by atoms with Crippen LogP contribution in [-0.4, -0.2) is 34.9 Å². The Hall–Kier alpha value is -1.95. The van der Waals surface area contributed by atoms with E-state index in [1.165, 1.54) is 12.1 Å². The number of nitrogens with two attached hydrogens (primary N) is 1. The Morgan fingerprint density at radius 1 is 1.48 bits per heavy atom. The molecule has 2 rings (SSSR count). The first kappa shape index (κ1) is 15.4. The van der Waals surface area contributed by atoms with Crippen LogP contribution < -0.4 is 5.73 Å². The maximum Gasteiger partial charge on any atom is 0.269 e. The summed E-state index contributed by atoms with van der Waals surface area (Å²) in [5.74, 6) is -0.0263. The molecule has 1 amide bonds. The van der Waals surface area contributed by atoms with Gasteiger partial charge in [0.15, 0.2) is 0 Å². The van der Waals surface area contributed by atoms with E-state index in [9.17, 15) is 14.9 Å². The van der Waals surface area contributed by atoms with Gasteiger partial charge in [-0.2, -0.15) is 0 Å². The lowest BCUT2D eigenvalue weighted by Gasteiger charge is -2.22. The average molecular weight is 291 g/mol. The molecule has 1 aromatic rings. The van der Waals surface area contributed by atoms with Gasteiger partial charge in [-0.05, 0) is 31.7 Å². The molecule has 1 fully saturated rings. The minimum absolute atomic E-state index is 0.0126. The Balaban J connectivity index is 2.09. The molecular formula is C15H21N3O3. The Morgan fingerprint density at radius 3 is 2.76 bits per heavy atom. The quantitative estimate of drug-likeness (QED) is 0.677. The number of nitro benzene ring substituents is 1. The van der Waals surface area contributed by atoms with E-state index < -0.39 is 4.92 Å². The lowest BCUT2D eigenvalue weighted by molar-refractivity contribution is -0.384. The third-order valence-electron chi connectivity index (χ3n) is 4.23. The topological polar surface area (TPSA) is 89.5 Å². The molecule has 0 saturated carbocycles. The number of nitro groups is 1. The molecule has 6 heteroatoms. The molecule has 1 aliphatic heterocycles. The van der Waals surface area contributed by atoms with Gasteiger partial charge in [0.1, 0.15) is 0 Å². The maximum absolute atomic E-state index is 12.5. The second-order valence-electron chi connectivity index (χ2n) is 5.77. The van der Waals surface area contributed by atoms with Crippen LogP contribution in [0.25, 0.3) is 0 Å². The van der Waals surface area contributed by atoms with E-state index >= 15 is 0 Å². The highest BCUT2D eigenvalue weighted by Crippen LogP contribution is 2.26. The number of hydrogen-bond acceptors (Lipinski definition) is 4. The van der Waals surface area contributed by atoms with E-state index in [0.717, 1.165) is 6.42 Å². The standard InChI is InChI=1S/C15H21N3O3/c1-10(12-4-3-5-14(8-12)18(20)21)15(19)17-7-6-13(9-17)11(2)16/h3-5,8,10-11,13H,6-7,9,16H2,1-2H3. The molecule has 0 spiro atoms. The zero-order valence-electron chi connectivity index (χ0n) is 12.4. The van der Waals surface area contributed by atoms with Crippen molar-refractivity contribution in [2.45, 2.75) is 32.2 Å². The van der Waals surface area contributed by atoms with Crippen LogP contribution in [0.3, 0.4) is 0 Å². The van der Waals surface area contributed by atoms with Crippen LogP contribution in [0.1, 0.15) is 31.7 Å². The Labute approximate surface area is 124 Å². The molecule has 114 valence electrons. The summed E-state index contributed by atoms with van der Waals surface area (Å²) in [5, 5.41) is 10.8. The van der Waals surface area contributed by atoms with Crippen LogP contribution in [0.5, 0.6) is 0 Å². The zero-order chi connectivity index (χ0) is 15.6. The first-order valence-electron chi connectivity index (χ1n) is 7.19. The first-order valence-corrected chi connectivity index (χ1v) is 7.19. The van der Waals surface area contributed by atoms with Gasteiger partial charge in [-0.25, -0.2) is 0 Å². The number of carbonyl (C=O) groups excluding carboxylic acids is 1. The Morgan fingerprint density at radius 2 is 2.19 bits per heavy atom. The van der Waals surface area contributed by atoms with Crippen LogP contribution in [0.2, 0.25) is 0 Å². The molecule has 2 N–H and O–H groups in total. The number of amides is 1. The van der Waals surface area contributed by atoms with Gasteiger partial charge in [0.05, 0.1) is 10.8 Å². The van der Waals surface area contributed by atoms with Crippen molar-refractivity contribution in [1.82, 2.24) is 4.90 Å². The van der Waals surface area contributed by atoms with Crippen molar-refractivity contribution in [3.8, 4) is 0 Å². The van der Waals surface area contributed by atoms with E-state index in [-0.39, 0.29) is 23.6 Å². The van der Waals surface area contributed by atoms with Crippen molar-refractivity contribution >= 4 is 11.6 Å². The van der Waals surface area contributed by atoms with Crippen molar-refractivity contribution in [1.29, 1.82) is 0 Å². The fourth-order valence-corrected chi connectivity index (χ4v) is 2.74. The minimum atomic E-state index is -0.442. The summed E-state index contributed by atoms with van der Waals surface area (Å²) in [7, 11) is 0. The molecule has 1 aromatic carbocycles. The van der Waals surface area contributed by atoms with Crippen molar-refractivity contribution < 1.29 is 9.72 Å². The molecule has 1 aliphatic rings. The van der Waals surface area contributed by atoms with Gasteiger partial charge >= 0.3 is 0 Å². The minimum Gasteiger partial charge on any atom is -0.342 e. The van der Waals surface area contributed by atoms with Crippen LogP contribution in [0, 0.1) is 16.0 Å². The molecule has 0 aromatic heterocycles. The molecule has 0 radical (unpaired) electrons. The Bertz CT molecular complexity index is 545. The number of rotatable bonds is 4. The normalized spacial score (nSPS) is 21.1. The highest BCUT2D eigenvalue weighted by atomic mass is 16.6. The molecule has 3 unspecified atom stereocenters. The van der Waals surface area contributed by atoms with E-state index in [1.807, 2.05) is 11.8 Å². The number of benzene rings is 1. The number of nitrogens with zero attached hydrogens (tertiary/aromatic N) is 2. The summed E-state index contributed by atoms with van der Waals surface area (Å²) in [6.07, 6.45) is 0.922. The van der Waals surface area contributed by atoms with E-state index in [0.29, 0.717) is 24.6 Å². The first-order chi connectivity index (χ1) is 9.90. The lowest BCUT2D eigenvalue weighted by Crippen LogP contribution is -2.35. The summed E-state index contributed by atoms with van der Waals surface area (Å²) < 4.78 is 0. The van der Waals surface area contributed by atoms with E-state index in [1.54, 1.807) is 19.1 Å². The van der Waals surface area contributed by atoms with Crippen LogP contribution in [0.4, 0.5) is 5.69 Å². The molecule has 6 nitrogen and oxygen atoms in total. The lowest BCUT2D eigenvalue weighted by atomic mass is 9.99. The summed E-state index contributed by atoms with van der Waals surface area (Å²) in [6.45, 7) is 5.14. The largest absolute Gasteiger partial charge is 0.342 e. The average Bonchev–Trinajstić information content (AvgIpc) is 2.95. The third-order valence-corrected chi connectivity index (χ3v) is 4.23. The van der Waals surface area contributed by atoms with Crippen molar-refractivity contribution in [2.24, 2.45) is 11.7 Å². The van der Waals surface area contributed by atoms with E-state index in [4.69, 9.17) is 5.73 Å². The van der Waals surface area contributed by atoms with Gasteiger partial charge in [-0.15, -0.1) is 0 Å². The molecule has 21 heavy (non-hydrogen) atoms. The predicted molar refractivity (Wildman–Crippen MR) is 79.8 cm³/mol. The fourth-order valence-electron chi connectivity index (χ4n) is 2.74. The van der Waals surface area contributed by atoms with Crippen molar-refractivity contribution in [2.75, 3.05) is 13.1 Å².